The number of hydrogen-bond acceptors (Lipinski definition) is 6. The molecule has 1 saturated heterocycles. The second kappa shape index (κ2) is 11.8. The molecular weight excluding hydrogens is 512 g/mol. The van der Waals surface area contributed by atoms with Crippen molar-refractivity contribution in [2.45, 2.75) is 37.9 Å². The van der Waals surface area contributed by atoms with Gasteiger partial charge in [0.1, 0.15) is 11.8 Å². The minimum Gasteiger partial charge on any atom is -0.410 e. The third-order valence-electron chi connectivity index (χ3n) is 6.98. The molecule has 2 atom stereocenters. The van der Waals surface area contributed by atoms with Crippen molar-refractivity contribution in [3.05, 3.63) is 101 Å². The lowest BCUT2D eigenvalue weighted by Crippen LogP contribution is -2.52. The van der Waals surface area contributed by atoms with Crippen LogP contribution in [0.4, 0.5) is 4.79 Å². The number of fused-ring (bicyclic) bond motifs is 1. The van der Waals surface area contributed by atoms with Crippen molar-refractivity contribution in [3.63, 3.8) is 0 Å². The number of nitrogens with zero attached hydrogens (tertiary/aromatic N) is 1. The molecular formula is C30H28N4O6. The van der Waals surface area contributed by atoms with Gasteiger partial charge in [0.05, 0.1) is 5.92 Å². The summed E-state index contributed by atoms with van der Waals surface area (Å²) in [5.41, 5.74) is 2.78. The van der Waals surface area contributed by atoms with Crippen molar-refractivity contribution in [1.29, 1.82) is 0 Å². The predicted molar refractivity (Wildman–Crippen MR) is 144 cm³/mol. The van der Waals surface area contributed by atoms with Crippen molar-refractivity contribution in [1.82, 2.24) is 20.9 Å². The molecule has 10 heteroatoms. The molecule has 2 aliphatic heterocycles. The summed E-state index contributed by atoms with van der Waals surface area (Å²) < 4.78 is 5.27. The Bertz CT molecular complexity index is 1440. The SMILES string of the molecule is O=C1CCC(N2Cc3cc(CNC(=O)C(CNC(=O)Oc4ccccc4)c4ccccc4)ccc3C2=O)C(=O)N1. The minimum atomic E-state index is -0.687. The highest BCUT2D eigenvalue weighted by Crippen LogP contribution is 2.28. The molecule has 0 spiro atoms. The molecule has 0 bridgehead atoms. The third-order valence-corrected chi connectivity index (χ3v) is 6.98. The number of benzene rings is 3. The van der Waals surface area contributed by atoms with Crippen LogP contribution in [0.3, 0.4) is 0 Å². The molecule has 3 aromatic carbocycles. The van der Waals surface area contributed by atoms with E-state index in [0.29, 0.717) is 17.7 Å². The van der Waals surface area contributed by atoms with Crippen LogP contribution in [0.5, 0.6) is 5.75 Å². The van der Waals surface area contributed by atoms with Crippen LogP contribution in [0, 0.1) is 0 Å². The molecule has 5 amide bonds. The van der Waals surface area contributed by atoms with Gasteiger partial charge >= 0.3 is 6.09 Å². The summed E-state index contributed by atoms with van der Waals surface area (Å²) in [5, 5.41) is 7.90. The lowest BCUT2D eigenvalue weighted by Gasteiger charge is -2.29. The number of hydrogen-bond donors (Lipinski definition) is 3. The maximum Gasteiger partial charge on any atom is 0.412 e. The highest BCUT2D eigenvalue weighted by Gasteiger charge is 2.39. The van der Waals surface area contributed by atoms with Crippen molar-refractivity contribution in [2.75, 3.05) is 6.54 Å². The van der Waals surface area contributed by atoms with E-state index in [-0.39, 0.29) is 43.8 Å². The molecule has 5 rings (SSSR count). The van der Waals surface area contributed by atoms with Gasteiger partial charge in [-0.15, -0.1) is 0 Å². The Hall–Kier alpha value is -4.99. The van der Waals surface area contributed by atoms with Crippen LogP contribution in [-0.2, 0) is 27.5 Å². The summed E-state index contributed by atoms with van der Waals surface area (Å²) in [4.78, 5) is 63.8. The first kappa shape index (κ1) is 26.6. The molecule has 0 saturated carbocycles. The van der Waals surface area contributed by atoms with Gasteiger partial charge in [0, 0.05) is 31.6 Å². The predicted octanol–water partition coefficient (Wildman–Crippen LogP) is 2.64. The fraction of sp³-hybridized carbons (Fsp3) is 0.233. The zero-order chi connectivity index (χ0) is 28.1. The number of nitrogens with one attached hydrogen (secondary N) is 3. The van der Waals surface area contributed by atoms with Crippen LogP contribution in [0.2, 0.25) is 0 Å². The van der Waals surface area contributed by atoms with Gasteiger partial charge in [-0.3, -0.25) is 24.5 Å². The number of piperidine rings is 1. The van der Waals surface area contributed by atoms with Gasteiger partial charge in [0.25, 0.3) is 5.91 Å². The molecule has 10 nitrogen and oxygen atoms in total. The van der Waals surface area contributed by atoms with E-state index in [1.807, 2.05) is 42.5 Å². The summed E-state index contributed by atoms with van der Waals surface area (Å²) >= 11 is 0. The number of ether oxygens (including phenoxy) is 1. The van der Waals surface area contributed by atoms with Crippen LogP contribution in [0.1, 0.15) is 45.8 Å². The molecule has 2 heterocycles. The summed E-state index contributed by atoms with van der Waals surface area (Å²) in [6.45, 7) is 0.486. The summed E-state index contributed by atoms with van der Waals surface area (Å²) in [6, 6.07) is 22.4. The second-order valence-corrected chi connectivity index (χ2v) is 9.66. The van der Waals surface area contributed by atoms with Crippen LogP contribution >= 0.6 is 0 Å². The monoisotopic (exact) mass is 540 g/mol. The van der Waals surface area contributed by atoms with Crippen molar-refractivity contribution >= 4 is 29.7 Å². The van der Waals surface area contributed by atoms with Crippen LogP contribution < -0.4 is 20.7 Å². The van der Waals surface area contributed by atoms with Crippen molar-refractivity contribution in [2.24, 2.45) is 0 Å². The first-order valence-corrected chi connectivity index (χ1v) is 13.0. The Morgan fingerprint density at radius 3 is 2.40 bits per heavy atom. The van der Waals surface area contributed by atoms with E-state index in [4.69, 9.17) is 4.74 Å². The molecule has 3 aromatic rings. The maximum absolute atomic E-state index is 13.3. The van der Waals surface area contributed by atoms with Gasteiger partial charge in [-0.25, -0.2) is 4.79 Å². The number of para-hydroxylation sites is 1. The molecule has 3 N–H and O–H groups in total. The molecule has 2 aliphatic rings. The average Bonchev–Trinajstić information content (AvgIpc) is 3.28. The third kappa shape index (κ3) is 6.01. The normalized spacial score (nSPS) is 17.1. The summed E-state index contributed by atoms with van der Waals surface area (Å²) in [5.74, 6) is -1.60. The largest absolute Gasteiger partial charge is 0.412 e. The Kier molecular flexibility index (Phi) is 7.86. The van der Waals surface area contributed by atoms with E-state index >= 15 is 0 Å². The average molecular weight is 541 g/mol. The Balaban J connectivity index is 1.22. The molecule has 40 heavy (non-hydrogen) atoms. The second-order valence-electron chi connectivity index (χ2n) is 9.66. The van der Waals surface area contributed by atoms with Gasteiger partial charge in [-0.2, -0.15) is 0 Å². The first-order chi connectivity index (χ1) is 19.4. The minimum absolute atomic E-state index is 0.0289. The van der Waals surface area contributed by atoms with Crippen LogP contribution in [0.25, 0.3) is 0 Å². The number of amides is 5. The molecule has 0 aromatic heterocycles. The van der Waals surface area contributed by atoms with Gasteiger partial charge in [0.2, 0.25) is 17.7 Å². The smallest absolute Gasteiger partial charge is 0.410 e. The van der Waals surface area contributed by atoms with E-state index in [9.17, 15) is 24.0 Å². The molecule has 1 fully saturated rings. The molecule has 0 aliphatic carbocycles. The number of rotatable bonds is 8. The maximum atomic E-state index is 13.3. The van der Waals surface area contributed by atoms with Crippen molar-refractivity contribution in [3.8, 4) is 5.75 Å². The number of carbonyl (C=O) groups excluding carboxylic acids is 5. The van der Waals surface area contributed by atoms with Gasteiger partial charge in [-0.1, -0.05) is 60.7 Å². The Morgan fingerprint density at radius 2 is 1.68 bits per heavy atom. The van der Waals surface area contributed by atoms with Gasteiger partial charge in [0.15, 0.2) is 0 Å². The number of carbonyl (C=O) groups is 5. The lowest BCUT2D eigenvalue weighted by molar-refractivity contribution is -0.137. The van der Waals surface area contributed by atoms with Gasteiger partial charge < -0.3 is 20.3 Å². The fourth-order valence-electron chi connectivity index (χ4n) is 4.91. The van der Waals surface area contributed by atoms with Gasteiger partial charge in [-0.05, 0) is 41.3 Å². The Morgan fingerprint density at radius 1 is 0.950 bits per heavy atom. The summed E-state index contributed by atoms with van der Waals surface area (Å²) in [6.07, 6.45) is -0.181. The quantitative estimate of drug-likeness (QED) is 0.376. The zero-order valence-electron chi connectivity index (χ0n) is 21.6. The zero-order valence-corrected chi connectivity index (χ0v) is 21.6. The highest BCUT2D eigenvalue weighted by atomic mass is 16.6. The van der Waals surface area contributed by atoms with Crippen molar-refractivity contribution < 1.29 is 28.7 Å². The van der Waals surface area contributed by atoms with E-state index in [1.54, 1.807) is 36.4 Å². The van der Waals surface area contributed by atoms with Crippen LogP contribution in [0.15, 0.2) is 78.9 Å². The molecule has 0 radical (unpaired) electrons. The van der Waals surface area contributed by atoms with E-state index in [2.05, 4.69) is 16.0 Å². The molecule has 204 valence electrons. The van der Waals surface area contributed by atoms with E-state index in [1.165, 1.54) is 4.90 Å². The number of imide groups is 1. The Labute approximate surface area is 230 Å². The topological polar surface area (TPSA) is 134 Å². The van der Waals surface area contributed by atoms with E-state index < -0.39 is 24.0 Å². The lowest BCUT2D eigenvalue weighted by atomic mass is 9.98. The van der Waals surface area contributed by atoms with E-state index in [0.717, 1.165) is 16.7 Å². The standard InChI is InChI=1S/C30H28N4O6/c35-26-14-13-25(28(37)33-26)34-18-21-15-19(11-12-23(21)29(34)38)16-31-27(36)24(20-7-3-1-4-8-20)17-32-30(39)40-22-9-5-2-6-10-22/h1-12,15,24-25H,13-14,16-18H2,(H,31,36)(H,32,39)(H,33,35,37). The molecule has 2 unspecified atom stereocenters. The fourth-order valence-corrected chi connectivity index (χ4v) is 4.91. The summed E-state index contributed by atoms with van der Waals surface area (Å²) in [7, 11) is 0. The van der Waals surface area contributed by atoms with Crippen LogP contribution in [-0.4, -0.2) is 47.2 Å². The highest BCUT2D eigenvalue weighted by molar-refractivity contribution is 6.05. The first-order valence-electron chi connectivity index (χ1n) is 13.0.